The molecule has 124 valence electrons. The van der Waals surface area contributed by atoms with Gasteiger partial charge >= 0.3 is 57.4 Å². The van der Waals surface area contributed by atoms with E-state index in [9.17, 15) is 0 Å². The summed E-state index contributed by atoms with van der Waals surface area (Å²) in [6.45, 7) is 13.4. The van der Waals surface area contributed by atoms with Crippen LogP contribution in [0.3, 0.4) is 0 Å². The summed E-state index contributed by atoms with van der Waals surface area (Å²) in [6, 6.07) is 0. The average Bonchev–Trinajstić information content (AvgIpc) is 2.03. The molecule has 0 spiro atoms. The molecule has 0 saturated carbocycles. The summed E-state index contributed by atoms with van der Waals surface area (Å²) in [5, 5.41) is 0. The average molecular weight is 560 g/mol. The van der Waals surface area contributed by atoms with E-state index in [0.717, 1.165) is 12.8 Å². The molecule has 0 saturated heterocycles. The van der Waals surface area contributed by atoms with Gasteiger partial charge in [-0.3, -0.25) is 0 Å². The third kappa shape index (κ3) is 855. The fraction of sp³-hybridized carbons (Fsp3) is 0.600. The molecule has 0 aliphatic carbocycles. The van der Waals surface area contributed by atoms with E-state index in [4.69, 9.17) is 39.7 Å². The fourth-order valence-electron chi connectivity index (χ4n) is 0. The van der Waals surface area contributed by atoms with E-state index < -0.39 is 28.8 Å². The largest absolute Gasteiger partial charge is 2.00 e. The quantitative estimate of drug-likeness (QED) is 0.309. The van der Waals surface area contributed by atoms with Crippen molar-refractivity contribution in [2.75, 3.05) is 0 Å². The van der Waals surface area contributed by atoms with Crippen molar-refractivity contribution in [3.63, 3.8) is 0 Å². The third-order valence-corrected chi connectivity index (χ3v) is 0. The molecule has 22 heavy (non-hydrogen) atoms. The molecule has 0 bridgehead atoms. The van der Waals surface area contributed by atoms with Crippen LogP contribution in [0.15, 0.2) is 0 Å². The van der Waals surface area contributed by atoms with Gasteiger partial charge in [0.1, 0.15) is 0 Å². The van der Waals surface area contributed by atoms with Crippen LogP contribution >= 0.6 is 18.6 Å². The van der Waals surface area contributed by atoms with Crippen LogP contribution in [0.1, 0.15) is 40.5 Å². The first kappa shape index (κ1) is 63.6. The van der Waals surface area contributed by atoms with Crippen molar-refractivity contribution >= 4 is 30.4 Å². The fourth-order valence-corrected chi connectivity index (χ4v) is 0. The number of hydrogen-bond donors (Lipinski definition) is 0. The molecule has 0 aromatic carbocycles. The minimum atomic E-state index is -0.583. The minimum Gasteiger partial charge on any atom is 0 e. The molecule has 0 aromatic rings. The molecule has 2 amide bonds. The SMILES string of the molecule is CC([NH-])=O.CC([NH-])=O.[CH2-]CC.[CH2-]CC.[Cl][Ti][Cl].[Ti+2].[Ti].[Ti].[Ti].[Ti]. The van der Waals surface area contributed by atoms with Gasteiger partial charge in [0, 0.05) is 98.7 Å². The molecule has 0 fully saturated rings. The maximum absolute atomic E-state index is 9.11. The van der Waals surface area contributed by atoms with Crippen molar-refractivity contribution in [1.82, 2.24) is 0 Å². The Balaban J connectivity index is -0.00000000974. The van der Waals surface area contributed by atoms with Gasteiger partial charge in [0.25, 0.3) is 0 Å². The van der Waals surface area contributed by atoms with Gasteiger partial charge in [-0.2, -0.15) is 12.8 Å². The molecule has 0 aromatic heterocycles. The summed E-state index contributed by atoms with van der Waals surface area (Å²) in [5.41, 5.74) is 11.9. The van der Waals surface area contributed by atoms with Crippen LogP contribution in [0.25, 0.3) is 11.5 Å². The Bertz CT molecular complexity index is 128. The Morgan fingerprint density at radius 1 is 0.864 bits per heavy atom. The van der Waals surface area contributed by atoms with E-state index in [1.807, 2.05) is 13.8 Å². The predicted octanol–water partition coefficient (Wildman–Crippen LogP) is 5.00. The first-order valence-corrected chi connectivity index (χ1v) is 9.00. The van der Waals surface area contributed by atoms with Gasteiger partial charge in [-0.25, -0.2) is 0 Å². The molecule has 0 atom stereocenters. The first-order chi connectivity index (χ1) is 7.71. The van der Waals surface area contributed by atoms with E-state index in [1.54, 1.807) is 0 Å². The Morgan fingerprint density at radius 2 is 0.864 bits per heavy atom. The standard InChI is InChI=1S/2C3H7.2C2H5NO.2ClH.6Ti/c2*1-3-2;2*1-2(3)4;;;;;;;;/h2*1,3H2,2H3;2*1H3,(H2,3,4);2*1H;;;;;;/q2*-1;;;;;;;;;2*+2/p-4. The van der Waals surface area contributed by atoms with Crippen molar-refractivity contribution in [1.29, 1.82) is 0 Å². The normalized spacial score (nSPS) is 4.55. The van der Waals surface area contributed by atoms with Gasteiger partial charge < -0.3 is 34.9 Å². The van der Waals surface area contributed by atoms with Gasteiger partial charge in [0.05, 0.1) is 0 Å². The second kappa shape index (κ2) is 85.7. The zero-order chi connectivity index (χ0) is 15.3. The molecule has 4 nitrogen and oxygen atoms in total. The molecular weight excluding hydrogens is 538 g/mol. The third-order valence-electron chi connectivity index (χ3n) is 0. The van der Waals surface area contributed by atoms with E-state index in [1.165, 1.54) is 13.8 Å². The molecule has 0 heterocycles. The Labute approximate surface area is 227 Å². The monoisotopic (exact) mass is 560 g/mol. The topological polar surface area (TPSA) is 81.7 Å². The number of carbonyl (C=O) groups is 2. The van der Waals surface area contributed by atoms with Crippen LogP contribution in [0.5, 0.6) is 0 Å². The van der Waals surface area contributed by atoms with Crippen molar-refractivity contribution in [3.8, 4) is 0 Å². The van der Waals surface area contributed by atoms with Gasteiger partial charge in [-0.15, -0.1) is 0 Å². The first-order valence-electron chi connectivity index (χ1n) is 4.70. The molecular formula is C10H22Cl2N2O2Ti6-2. The van der Waals surface area contributed by atoms with Crippen molar-refractivity contribution in [2.24, 2.45) is 0 Å². The van der Waals surface area contributed by atoms with Gasteiger partial charge in [0.2, 0.25) is 0 Å². The summed E-state index contributed by atoms with van der Waals surface area (Å²) in [7, 11) is 9.78. The second-order valence-electron chi connectivity index (χ2n) is 2.18. The van der Waals surface area contributed by atoms with Crippen molar-refractivity contribution in [3.05, 3.63) is 25.3 Å². The smallest absolute Gasteiger partial charge is 0 e. The van der Waals surface area contributed by atoms with Gasteiger partial charge in [-0.05, 0) is 13.8 Å². The number of halogens is 2. The van der Waals surface area contributed by atoms with E-state index >= 15 is 0 Å². The summed E-state index contributed by atoms with van der Waals surface area (Å²) >= 11 is -0.556. The molecule has 0 aliphatic heterocycles. The summed E-state index contributed by atoms with van der Waals surface area (Å²) < 4.78 is 0. The summed E-state index contributed by atoms with van der Waals surface area (Å²) in [6.07, 6.45) is 2.00. The predicted molar refractivity (Wildman–Crippen MR) is 73.0 cm³/mol. The Hall–Kier alpha value is 3.81. The van der Waals surface area contributed by atoms with E-state index in [0.29, 0.717) is 0 Å². The molecule has 12 heteroatoms. The zero-order valence-corrected chi connectivity index (χ0v) is 24.3. The van der Waals surface area contributed by atoms with Crippen LogP contribution in [0.2, 0.25) is 0 Å². The van der Waals surface area contributed by atoms with Crippen LogP contribution in [-0.2, 0) is 135 Å². The summed E-state index contributed by atoms with van der Waals surface area (Å²) in [4.78, 5) is 18.2. The Kier molecular flexibility index (Phi) is 248. The number of hydrogen-bond acceptors (Lipinski definition) is 2. The van der Waals surface area contributed by atoms with Crippen LogP contribution in [0, 0.1) is 13.8 Å². The zero-order valence-electron chi connectivity index (χ0n) is 13.4. The van der Waals surface area contributed by atoms with Gasteiger partial charge in [-0.1, -0.05) is 13.8 Å². The van der Waals surface area contributed by atoms with Crippen molar-refractivity contribution < 1.29 is 135 Å². The van der Waals surface area contributed by atoms with Crippen LogP contribution < -0.4 is 0 Å². The van der Waals surface area contributed by atoms with E-state index in [2.05, 4.69) is 13.8 Å². The van der Waals surface area contributed by atoms with Crippen molar-refractivity contribution in [2.45, 2.75) is 40.5 Å². The van der Waals surface area contributed by atoms with Crippen LogP contribution in [0.4, 0.5) is 0 Å². The molecule has 0 unspecified atom stereocenters. The van der Waals surface area contributed by atoms with Crippen LogP contribution in [-0.4, -0.2) is 11.8 Å². The summed E-state index contributed by atoms with van der Waals surface area (Å²) in [5.74, 6) is -1.17. The Morgan fingerprint density at radius 3 is 0.864 bits per heavy atom. The molecule has 2 N–H and O–H groups in total. The minimum absolute atomic E-state index is 0. The molecule has 0 aliphatic rings. The number of amides is 2. The number of carbonyl (C=O) groups excluding carboxylic acids is 2. The van der Waals surface area contributed by atoms with Gasteiger partial charge in [0.15, 0.2) is 0 Å². The molecule has 0 rings (SSSR count). The number of nitrogens with one attached hydrogen (secondary N) is 2. The number of rotatable bonds is 0. The maximum Gasteiger partial charge on any atom is 2.00 e. The molecule has 0 radical (unpaired) electrons. The second-order valence-corrected chi connectivity index (χ2v) is 4.76. The maximum atomic E-state index is 9.11. The van der Waals surface area contributed by atoms with E-state index in [-0.39, 0.29) is 109 Å².